The lowest BCUT2D eigenvalue weighted by atomic mass is 10.1. The number of thioether (sulfide) groups is 1. The van der Waals surface area contributed by atoms with Crippen molar-refractivity contribution in [1.29, 1.82) is 0 Å². The molecule has 0 saturated carbocycles. The van der Waals surface area contributed by atoms with Crippen molar-refractivity contribution in [3.05, 3.63) is 54.1 Å². The molecule has 1 N–H and O–H groups in total. The lowest BCUT2D eigenvalue weighted by Gasteiger charge is -2.21. The molecule has 0 amide bonds. The number of hydrogen-bond donors (Lipinski definition) is 1. The molecule has 1 aromatic heterocycles. The summed E-state index contributed by atoms with van der Waals surface area (Å²) in [7, 11) is 1.66. The predicted octanol–water partition coefficient (Wildman–Crippen LogP) is 6.11. The molecule has 0 aliphatic carbocycles. The van der Waals surface area contributed by atoms with Gasteiger partial charge in [-0.25, -0.2) is 0 Å². The summed E-state index contributed by atoms with van der Waals surface area (Å²) in [5.41, 5.74) is 3.39. The van der Waals surface area contributed by atoms with Crippen molar-refractivity contribution < 1.29 is 9.47 Å². The van der Waals surface area contributed by atoms with Crippen LogP contribution >= 0.6 is 11.8 Å². The second kappa shape index (κ2) is 10.5. The number of hydrogen-bond acceptors (Lipinski definition) is 7. The van der Waals surface area contributed by atoms with Crippen LogP contribution in [0.2, 0.25) is 0 Å². The third kappa shape index (κ3) is 5.10. The molecular formula is C24H28N4O2S. The number of nitrogens with zero attached hydrogens (tertiary/aromatic N) is 3. The van der Waals surface area contributed by atoms with Crippen LogP contribution in [0.25, 0.3) is 11.3 Å². The second-order valence-electron chi connectivity index (χ2n) is 7.44. The van der Waals surface area contributed by atoms with Crippen LogP contribution < -0.4 is 14.8 Å². The summed E-state index contributed by atoms with van der Waals surface area (Å²) >= 11 is 1.63. The van der Waals surface area contributed by atoms with E-state index in [1.165, 1.54) is 25.7 Å². The van der Waals surface area contributed by atoms with E-state index in [1.54, 1.807) is 18.9 Å². The van der Waals surface area contributed by atoms with E-state index < -0.39 is 6.23 Å². The van der Waals surface area contributed by atoms with Crippen molar-refractivity contribution in [2.45, 2.75) is 50.4 Å². The number of ether oxygens (including phenoxy) is 2. The van der Waals surface area contributed by atoms with Gasteiger partial charge < -0.3 is 14.8 Å². The Morgan fingerprint density at radius 1 is 1.00 bits per heavy atom. The normalized spacial score (nSPS) is 14.6. The Kier molecular flexibility index (Phi) is 7.25. The van der Waals surface area contributed by atoms with E-state index >= 15 is 0 Å². The molecule has 0 spiro atoms. The number of para-hydroxylation sites is 2. The van der Waals surface area contributed by atoms with Gasteiger partial charge in [0.1, 0.15) is 5.75 Å². The van der Waals surface area contributed by atoms with E-state index in [2.05, 4.69) is 22.4 Å². The van der Waals surface area contributed by atoms with Crippen LogP contribution in [0.3, 0.4) is 0 Å². The van der Waals surface area contributed by atoms with Crippen molar-refractivity contribution in [1.82, 2.24) is 15.2 Å². The molecule has 162 valence electrons. The number of unbranched alkanes of at least 4 members (excludes halogenated alkanes) is 4. The van der Waals surface area contributed by atoms with E-state index in [1.807, 2.05) is 48.5 Å². The van der Waals surface area contributed by atoms with Crippen molar-refractivity contribution in [2.24, 2.45) is 0 Å². The maximum absolute atomic E-state index is 6.35. The van der Waals surface area contributed by atoms with Crippen LogP contribution in [0.5, 0.6) is 11.6 Å². The molecule has 7 heteroatoms. The van der Waals surface area contributed by atoms with Gasteiger partial charge in [-0.3, -0.25) is 0 Å². The fourth-order valence-electron chi connectivity index (χ4n) is 3.60. The number of fused-ring (bicyclic) bond motifs is 3. The van der Waals surface area contributed by atoms with Gasteiger partial charge in [0, 0.05) is 17.0 Å². The number of benzene rings is 2. The number of anilines is 1. The minimum atomic E-state index is -0.456. The highest BCUT2D eigenvalue weighted by molar-refractivity contribution is 7.99. The Labute approximate surface area is 187 Å². The van der Waals surface area contributed by atoms with Gasteiger partial charge in [-0.2, -0.15) is 4.98 Å². The van der Waals surface area contributed by atoms with Crippen LogP contribution in [-0.2, 0) is 0 Å². The third-order valence-electron chi connectivity index (χ3n) is 5.23. The van der Waals surface area contributed by atoms with Crippen LogP contribution in [0, 0.1) is 0 Å². The van der Waals surface area contributed by atoms with Gasteiger partial charge in [0.05, 0.1) is 12.7 Å². The minimum Gasteiger partial charge on any atom is -0.496 e. The van der Waals surface area contributed by atoms with Gasteiger partial charge in [-0.1, -0.05) is 74.7 Å². The van der Waals surface area contributed by atoms with Gasteiger partial charge in [-0.05, 0) is 24.6 Å². The zero-order valence-corrected chi connectivity index (χ0v) is 18.8. The van der Waals surface area contributed by atoms with Gasteiger partial charge in [0.2, 0.25) is 17.3 Å². The third-order valence-corrected chi connectivity index (χ3v) is 6.16. The highest BCUT2D eigenvalue weighted by Crippen LogP contribution is 2.40. The van der Waals surface area contributed by atoms with Crippen molar-refractivity contribution in [2.75, 3.05) is 18.2 Å². The van der Waals surface area contributed by atoms with Crippen molar-refractivity contribution in [3.63, 3.8) is 0 Å². The Hall–Kier alpha value is -2.80. The molecule has 1 atom stereocenters. The average Bonchev–Trinajstić information content (AvgIpc) is 2.97. The van der Waals surface area contributed by atoms with Gasteiger partial charge in [0.25, 0.3) is 0 Å². The molecule has 2 heterocycles. The fourth-order valence-corrected chi connectivity index (χ4v) is 4.38. The zero-order chi connectivity index (χ0) is 21.5. The van der Waals surface area contributed by atoms with Gasteiger partial charge in [-0.15, -0.1) is 10.2 Å². The molecule has 1 aliphatic heterocycles. The first-order chi connectivity index (χ1) is 15.3. The molecule has 4 rings (SSSR count). The Balaban J connectivity index is 1.60. The Bertz CT molecular complexity index is 1010. The fraction of sp³-hybridized carbons (Fsp3) is 0.375. The molecule has 3 aromatic rings. The predicted molar refractivity (Wildman–Crippen MR) is 125 cm³/mol. The van der Waals surface area contributed by atoms with E-state index in [9.17, 15) is 0 Å². The van der Waals surface area contributed by atoms with Crippen molar-refractivity contribution >= 4 is 17.4 Å². The number of nitrogens with one attached hydrogen (secondary N) is 1. The number of methoxy groups -OCH3 is 1. The SMILES string of the molecule is CCCCCCCSc1nnc2c(n1)OC(c1ccccc1OC)Nc1ccccc1-2. The first-order valence-corrected chi connectivity index (χ1v) is 11.8. The summed E-state index contributed by atoms with van der Waals surface area (Å²) in [5, 5.41) is 13.0. The lowest BCUT2D eigenvalue weighted by Crippen LogP contribution is -2.18. The highest BCUT2D eigenvalue weighted by Gasteiger charge is 2.27. The minimum absolute atomic E-state index is 0.456. The molecule has 31 heavy (non-hydrogen) atoms. The topological polar surface area (TPSA) is 69.2 Å². The quantitative estimate of drug-likeness (QED) is 0.320. The summed E-state index contributed by atoms with van der Waals surface area (Å²) in [4.78, 5) is 4.72. The summed E-state index contributed by atoms with van der Waals surface area (Å²) in [5.74, 6) is 2.22. The summed E-state index contributed by atoms with van der Waals surface area (Å²) in [6.45, 7) is 2.23. The molecule has 6 nitrogen and oxygen atoms in total. The highest BCUT2D eigenvalue weighted by atomic mass is 32.2. The first-order valence-electron chi connectivity index (χ1n) is 10.8. The molecular weight excluding hydrogens is 408 g/mol. The smallest absolute Gasteiger partial charge is 0.247 e. The Morgan fingerprint density at radius 2 is 1.81 bits per heavy atom. The zero-order valence-electron chi connectivity index (χ0n) is 18.0. The molecule has 0 fully saturated rings. The number of aromatic nitrogens is 3. The summed E-state index contributed by atoms with van der Waals surface area (Å²) in [6, 6.07) is 15.8. The van der Waals surface area contributed by atoms with Crippen molar-refractivity contribution in [3.8, 4) is 22.9 Å². The monoisotopic (exact) mass is 436 g/mol. The van der Waals surface area contributed by atoms with E-state index in [0.717, 1.165) is 34.7 Å². The number of rotatable bonds is 9. The first kappa shape index (κ1) is 21.4. The maximum Gasteiger partial charge on any atom is 0.247 e. The van der Waals surface area contributed by atoms with Gasteiger partial charge in [0.15, 0.2) is 5.69 Å². The van der Waals surface area contributed by atoms with E-state index in [0.29, 0.717) is 16.7 Å². The molecule has 1 unspecified atom stereocenters. The molecule has 1 aliphatic rings. The Morgan fingerprint density at radius 3 is 2.68 bits per heavy atom. The lowest BCUT2D eigenvalue weighted by molar-refractivity contribution is 0.220. The standard InChI is InChI=1S/C24H28N4O2S/c1-3-4-5-6-11-16-31-24-26-23-21(27-28-24)17-12-7-9-14-19(17)25-22(30-23)18-13-8-10-15-20(18)29-2/h7-10,12-15,22,25H,3-6,11,16H2,1-2H3. The van der Waals surface area contributed by atoms with Crippen LogP contribution in [0.15, 0.2) is 53.7 Å². The molecule has 0 saturated heterocycles. The summed E-state index contributed by atoms with van der Waals surface area (Å²) < 4.78 is 11.9. The maximum atomic E-state index is 6.35. The van der Waals surface area contributed by atoms with Crippen LogP contribution in [0.1, 0.15) is 50.8 Å². The largest absolute Gasteiger partial charge is 0.496 e. The summed E-state index contributed by atoms with van der Waals surface area (Å²) in [6.07, 6.45) is 5.77. The molecule has 0 radical (unpaired) electrons. The van der Waals surface area contributed by atoms with Gasteiger partial charge >= 0.3 is 0 Å². The van der Waals surface area contributed by atoms with E-state index in [4.69, 9.17) is 14.5 Å². The van der Waals surface area contributed by atoms with E-state index in [-0.39, 0.29) is 0 Å². The molecule has 0 bridgehead atoms. The average molecular weight is 437 g/mol. The molecule has 2 aromatic carbocycles. The van der Waals surface area contributed by atoms with Crippen LogP contribution in [-0.4, -0.2) is 28.0 Å². The van der Waals surface area contributed by atoms with Crippen LogP contribution in [0.4, 0.5) is 5.69 Å². The second-order valence-corrected chi connectivity index (χ2v) is 8.50.